The van der Waals surface area contributed by atoms with Crippen molar-refractivity contribution >= 4 is 11.8 Å². The van der Waals surface area contributed by atoms with E-state index in [2.05, 4.69) is 6.26 Å². The van der Waals surface area contributed by atoms with Crippen molar-refractivity contribution < 1.29 is 4.74 Å². The van der Waals surface area contributed by atoms with E-state index in [0.29, 0.717) is 11.0 Å². The van der Waals surface area contributed by atoms with E-state index in [4.69, 9.17) is 4.74 Å². The molecule has 1 aliphatic carbocycles. The second kappa shape index (κ2) is 2.42. The largest absolute Gasteiger partial charge is 0.354 e. The smallest absolute Gasteiger partial charge is 0.132 e. The summed E-state index contributed by atoms with van der Waals surface area (Å²) in [6.07, 6.45) is 8.98. The molecule has 0 amide bonds. The highest BCUT2D eigenvalue weighted by Crippen LogP contribution is 2.52. The number of hydrogen-bond donors (Lipinski definition) is 0. The molecule has 0 bridgehead atoms. The van der Waals surface area contributed by atoms with Gasteiger partial charge in [-0.25, -0.2) is 0 Å². The maximum atomic E-state index is 5.66. The van der Waals surface area contributed by atoms with Gasteiger partial charge in [0.2, 0.25) is 0 Å². The van der Waals surface area contributed by atoms with Crippen molar-refractivity contribution in [2.75, 3.05) is 6.26 Å². The molecule has 1 atom stereocenters. The van der Waals surface area contributed by atoms with Crippen LogP contribution in [0.15, 0.2) is 0 Å². The molecule has 0 N–H and O–H groups in total. The average molecular weight is 158 g/mol. The van der Waals surface area contributed by atoms with Gasteiger partial charge in [0.1, 0.15) is 11.0 Å². The van der Waals surface area contributed by atoms with Gasteiger partial charge < -0.3 is 4.74 Å². The van der Waals surface area contributed by atoms with Gasteiger partial charge in [-0.3, -0.25) is 0 Å². The molecule has 1 nitrogen and oxygen atoms in total. The number of rotatable bonds is 1. The highest BCUT2D eigenvalue weighted by Gasteiger charge is 2.55. The Labute approximate surface area is 66.5 Å². The molecule has 10 heavy (non-hydrogen) atoms. The average Bonchev–Trinajstić information content (AvgIpc) is 2.65. The fraction of sp³-hybridized carbons (Fsp3) is 1.00. The van der Waals surface area contributed by atoms with Gasteiger partial charge in [0, 0.05) is 0 Å². The first-order chi connectivity index (χ1) is 4.87. The molecule has 1 aliphatic heterocycles. The summed E-state index contributed by atoms with van der Waals surface area (Å²) < 4.78 is 5.66. The summed E-state index contributed by atoms with van der Waals surface area (Å²) in [5, 5.41) is 0. The minimum atomic E-state index is 0.359. The van der Waals surface area contributed by atoms with E-state index in [9.17, 15) is 0 Å². The normalized spacial score (nSPS) is 36.3. The predicted octanol–water partition coefficient (Wildman–Crippen LogP) is 2.41. The molecule has 1 unspecified atom stereocenters. The molecule has 1 saturated carbocycles. The monoisotopic (exact) mass is 158 g/mol. The molecule has 1 heterocycles. The zero-order valence-corrected chi connectivity index (χ0v) is 7.25. The molecular weight excluding hydrogens is 144 g/mol. The lowest BCUT2D eigenvalue weighted by atomic mass is 9.90. The van der Waals surface area contributed by atoms with Gasteiger partial charge in [0.05, 0.1) is 0 Å². The lowest BCUT2D eigenvalue weighted by Gasteiger charge is -2.17. The Balaban J connectivity index is 1.92. The summed E-state index contributed by atoms with van der Waals surface area (Å²) >= 11 is 1.87. The summed E-state index contributed by atoms with van der Waals surface area (Å²) in [4.78, 5) is 0. The SMILES string of the molecule is CSC1OC12CCCCC2. The Hall–Kier alpha value is 0.310. The Kier molecular flexibility index (Phi) is 1.69. The van der Waals surface area contributed by atoms with Crippen LogP contribution in [0.1, 0.15) is 32.1 Å². The second-order valence-electron chi connectivity index (χ2n) is 3.31. The zero-order valence-electron chi connectivity index (χ0n) is 6.43. The standard InChI is InChI=1S/C8H14OS/c1-10-7-8(9-7)5-3-2-4-6-8/h7H,2-6H2,1H3. The second-order valence-corrected chi connectivity index (χ2v) is 4.21. The van der Waals surface area contributed by atoms with Gasteiger partial charge in [-0.15, -0.1) is 11.8 Å². The zero-order chi connectivity index (χ0) is 7.03. The van der Waals surface area contributed by atoms with Gasteiger partial charge in [-0.05, 0) is 19.1 Å². The first-order valence-electron chi connectivity index (χ1n) is 4.08. The highest BCUT2D eigenvalue weighted by molar-refractivity contribution is 7.99. The van der Waals surface area contributed by atoms with Crippen LogP contribution in [-0.4, -0.2) is 17.3 Å². The van der Waals surface area contributed by atoms with Crippen LogP contribution in [0, 0.1) is 0 Å². The van der Waals surface area contributed by atoms with Crippen molar-refractivity contribution in [2.45, 2.75) is 43.1 Å². The molecule has 0 radical (unpaired) electrons. The van der Waals surface area contributed by atoms with Crippen molar-refractivity contribution in [3.8, 4) is 0 Å². The van der Waals surface area contributed by atoms with E-state index in [1.165, 1.54) is 32.1 Å². The van der Waals surface area contributed by atoms with Gasteiger partial charge in [-0.2, -0.15) is 0 Å². The van der Waals surface area contributed by atoms with Crippen LogP contribution in [0.2, 0.25) is 0 Å². The van der Waals surface area contributed by atoms with Gasteiger partial charge in [0.15, 0.2) is 0 Å². The Morgan fingerprint density at radius 3 is 2.50 bits per heavy atom. The van der Waals surface area contributed by atoms with Crippen LogP contribution in [-0.2, 0) is 4.74 Å². The van der Waals surface area contributed by atoms with E-state index in [1.807, 2.05) is 11.8 Å². The van der Waals surface area contributed by atoms with Crippen LogP contribution in [0.3, 0.4) is 0 Å². The molecule has 0 aromatic carbocycles. The van der Waals surface area contributed by atoms with Crippen molar-refractivity contribution in [1.82, 2.24) is 0 Å². The minimum absolute atomic E-state index is 0.359. The van der Waals surface area contributed by atoms with Crippen molar-refractivity contribution in [3.63, 3.8) is 0 Å². The van der Waals surface area contributed by atoms with E-state index in [-0.39, 0.29) is 0 Å². The maximum absolute atomic E-state index is 5.66. The third-order valence-corrected chi connectivity index (χ3v) is 3.58. The number of ether oxygens (including phenoxy) is 1. The number of thioether (sulfide) groups is 1. The minimum Gasteiger partial charge on any atom is -0.354 e. The lowest BCUT2D eigenvalue weighted by Crippen LogP contribution is -2.17. The Morgan fingerprint density at radius 1 is 1.30 bits per heavy atom. The highest BCUT2D eigenvalue weighted by atomic mass is 32.2. The molecule has 2 fully saturated rings. The van der Waals surface area contributed by atoms with E-state index < -0.39 is 0 Å². The Bertz CT molecular complexity index is 129. The molecule has 1 saturated heterocycles. The van der Waals surface area contributed by atoms with Crippen LogP contribution >= 0.6 is 11.8 Å². The summed E-state index contributed by atoms with van der Waals surface area (Å²) in [5.74, 6) is 0. The first-order valence-corrected chi connectivity index (χ1v) is 5.37. The lowest BCUT2D eigenvalue weighted by molar-refractivity contribution is 0.236. The summed E-state index contributed by atoms with van der Waals surface area (Å²) in [5.41, 5.74) is 0.908. The van der Waals surface area contributed by atoms with Crippen LogP contribution in [0.5, 0.6) is 0 Å². The van der Waals surface area contributed by atoms with E-state index in [0.717, 1.165) is 0 Å². The van der Waals surface area contributed by atoms with Crippen LogP contribution < -0.4 is 0 Å². The van der Waals surface area contributed by atoms with Crippen molar-refractivity contribution in [2.24, 2.45) is 0 Å². The number of hydrogen-bond acceptors (Lipinski definition) is 2. The molecule has 1 spiro atoms. The molecule has 0 aromatic heterocycles. The predicted molar refractivity (Wildman–Crippen MR) is 44.2 cm³/mol. The van der Waals surface area contributed by atoms with Gasteiger partial charge in [-0.1, -0.05) is 19.3 Å². The quantitative estimate of drug-likeness (QED) is 0.543. The summed E-state index contributed by atoms with van der Waals surface area (Å²) in [6, 6.07) is 0. The summed E-state index contributed by atoms with van der Waals surface area (Å²) in [7, 11) is 0. The van der Waals surface area contributed by atoms with E-state index in [1.54, 1.807) is 0 Å². The molecule has 2 aliphatic rings. The Morgan fingerprint density at radius 2 is 2.00 bits per heavy atom. The fourth-order valence-corrected chi connectivity index (χ4v) is 2.90. The molecule has 2 rings (SSSR count). The van der Waals surface area contributed by atoms with E-state index >= 15 is 0 Å². The van der Waals surface area contributed by atoms with Gasteiger partial charge >= 0.3 is 0 Å². The molecule has 0 aromatic rings. The van der Waals surface area contributed by atoms with Gasteiger partial charge in [0.25, 0.3) is 0 Å². The van der Waals surface area contributed by atoms with Crippen LogP contribution in [0.25, 0.3) is 0 Å². The maximum Gasteiger partial charge on any atom is 0.132 e. The van der Waals surface area contributed by atoms with Crippen LogP contribution in [0.4, 0.5) is 0 Å². The van der Waals surface area contributed by atoms with Crippen molar-refractivity contribution in [1.29, 1.82) is 0 Å². The topological polar surface area (TPSA) is 12.5 Å². The van der Waals surface area contributed by atoms with Crippen molar-refractivity contribution in [3.05, 3.63) is 0 Å². The fourth-order valence-electron chi connectivity index (χ4n) is 1.95. The first kappa shape index (κ1) is 6.99. The third-order valence-electron chi connectivity index (χ3n) is 2.63. The number of epoxide rings is 1. The summed E-state index contributed by atoms with van der Waals surface area (Å²) in [6.45, 7) is 0. The molecular formula is C8H14OS. The third kappa shape index (κ3) is 0.978. The molecule has 58 valence electrons. The molecule has 2 heteroatoms.